The topological polar surface area (TPSA) is 43.1 Å². The van der Waals surface area contributed by atoms with Crippen molar-refractivity contribution in [3.05, 3.63) is 64.7 Å². The third kappa shape index (κ3) is 2.66. The first-order valence-electron chi connectivity index (χ1n) is 5.88. The number of halogens is 3. The molecule has 2 nitrogen and oxygen atoms in total. The van der Waals surface area contributed by atoms with Crippen LogP contribution >= 0.6 is 0 Å². The summed E-state index contributed by atoms with van der Waals surface area (Å²) in [5, 5.41) is 0. The van der Waals surface area contributed by atoms with Gasteiger partial charge < -0.3 is 5.73 Å². The van der Waals surface area contributed by atoms with Gasteiger partial charge in [0.1, 0.15) is 0 Å². The largest absolute Gasteiger partial charge is 0.416 e. The van der Waals surface area contributed by atoms with Crippen molar-refractivity contribution < 1.29 is 18.0 Å². The van der Waals surface area contributed by atoms with Gasteiger partial charge in [-0.2, -0.15) is 13.2 Å². The van der Waals surface area contributed by atoms with E-state index in [1.54, 1.807) is 19.1 Å². The highest BCUT2D eigenvalue weighted by Gasteiger charge is 2.31. The Morgan fingerprint density at radius 1 is 1.10 bits per heavy atom. The molecule has 0 heterocycles. The van der Waals surface area contributed by atoms with E-state index < -0.39 is 17.5 Å². The molecule has 0 atom stereocenters. The smallest absolute Gasteiger partial charge is 0.398 e. The van der Waals surface area contributed by atoms with Crippen molar-refractivity contribution >= 4 is 11.5 Å². The fraction of sp³-hybridized carbons (Fsp3) is 0.133. The van der Waals surface area contributed by atoms with Gasteiger partial charge in [-0.15, -0.1) is 0 Å². The molecule has 0 amide bonds. The normalized spacial score (nSPS) is 11.4. The van der Waals surface area contributed by atoms with E-state index in [1.165, 1.54) is 18.2 Å². The first-order valence-corrected chi connectivity index (χ1v) is 5.88. The predicted octanol–water partition coefficient (Wildman–Crippen LogP) is 3.83. The highest BCUT2D eigenvalue weighted by atomic mass is 19.4. The van der Waals surface area contributed by atoms with Crippen LogP contribution in [0, 0.1) is 6.92 Å². The summed E-state index contributed by atoms with van der Waals surface area (Å²) in [6, 6.07) is 9.21. The third-order valence-electron chi connectivity index (χ3n) is 3.02. The van der Waals surface area contributed by atoms with Crippen molar-refractivity contribution in [2.45, 2.75) is 13.1 Å². The number of anilines is 1. The number of nitrogens with two attached hydrogens (primary N) is 1. The molecule has 0 saturated heterocycles. The van der Waals surface area contributed by atoms with Gasteiger partial charge in [0.25, 0.3) is 0 Å². The van der Waals surface area contributed by atoms with Gasteiger partial charge in [0, 0.05) is 16.8 Å². The average Bonchev–Trinajstić information content (AvgIpc) is 2.40. The molecule has 0 aromatic heterocycles. The Kier molecular flexibility index (Phi) is 3.53. The van der Waals surface area contributed by atoms with Crippen LogP contribution in [0.15, 0.2) is 42.5 Å². The maximum Gasteiger partial charge on any atom is 0.416 e. The lowest BCUT2D eigenvalue weighted by Gasteiger charge is -2.10. The van der Waals surface area contributed by atoms with Crippen LogP contribution in [0.5, 0.6) is 0 Å². The second kappa shape index (κ2) is 5.00. The third-order valence-corrected chi connectivity index (χ3v) is 3.02. The molecule has 0 aliphatic carbocycles. The fourth-order valence-corrected chi connectivity index (χ4v) is 1.87. The van der Waals surface area contributed by atoms with E-state index in [2.05, 4.69) is 0 Å². The second-order valence-electron chi connectivity index (χ2n) is 4.44. The van der Waals surface area contributed by atoms with Crippen LogP contribution in [0.2, 0.25) is 0 Å². The van der Waals surface area contributed by atoms with E-state index in [0.29, 0.717) is 5.56 Å². The van der Waals surface area contributed by atoms with Gasteiger partial charge in [-0.3, -0.25) is 4.79 Å². The molecule has 20 heavy (non-hydrogen) atoms. The van der Waals surface area contributed by atoms with Crippen LogP contribution in [-0.2, 0) is 6.18 Å². The minimum atomic E-state index is -4.48. The number of alkyl halides is 3. The number of carbonyl (C=O) groups excluding carboxylic acids is 1. The van der Waals surface area contributed by atoms with Crippen LogP contribution in [0.4, 0.5) is 18.9 Å². The lowest BCUT2D eigenvalue weighted by Crippen LogP contribution is -2.10. The van der Waals surface area contributed by atoms with Crippen molar-refractivity contribution in [1.29, 1.82) is 0 Å². The van der Waals surface area contributed by atoms with E-state index in [9.17, 15) is 18.0 Å². The molecule has 2 aromatic rings. The summed E-state index contributed by atoms with van der Waals surface area (Å²) in [5.41, 5.74) is 6.13. The van der Waals surface area contributed by atoms with Gasteiger partial charge in [-0.05, 0) is 30.7 Å². The van der Waals surface area contributed by atoms with E-state index in [1.807, 2.05) is 0 Å². The SMILES string of the molecule is Cc1cccc(C(=O)c2cccc(C(F)(F)F)c2)c1N. The lowest BCUT2D eigenvalue weighted by atomic mass is 9.98. The van der Waals surface area contributed by atoms with Crippen molar-refractivity contribution in [2.75, 3.05) is 5.73 Å². The summed E-state index contributed by atoms with van der Waals surface area (Å²) in [6.45, 7) is 1.73. The van der Waals surface area contributed by atoms with Crippen molar-refractivity contribution in [3.8, 4) is 0 Å². The van der Waals surface area contributed by atoms with Crippen molar-refractivity contribution in [2.24, 2.45) is 0 Å². The molecule has 0 bridgehead atoms. The van der Waals surface area contributed by atoms with E-state index in [0.717, 1.165) is 12.1 Å². The molecular weight excluding hydrogens is 267 g/mol. The highest BCUT2D eigenvalue weighted by Crippen LogP contribution is 2.30. The summed E-state index contributed by atoms with van der Waals surface area (Å²) in [7, 11) is 0. The molecule has 2 rings (SSSR count). The van der Waals surface area contributed by atoms with Gasteiger partial charge >= 0.3 is 6.18 Å². The van der Waals surface area contributed by atoms with Gasteiger partial charge in [0.2, 0.25) is 0 Å². The summed E-state index contributed by atoms with van der Waals surface area (Å²) >= 11 is 0. The Morgan fingerprint density at radius 3 is 2.40 bits per heavy atom. The zero-order valence-corrected chi connectivity index (χ0v) is 10.7. The first-order chi connectivity index (χ1) is 9.30. The zero-order chi connectivity index (χ0) is 14.9. The molecular formula is C15H12F3NO. The maximum absolute atomic E-state index is 12.6. The Hall–Kier alpha value is -2.30. The summed E-state index contributed by atoms with van der Waals surface area (Å²) in [5.74, 6) is -0.516. The van der Waals surface area contributed by atoms with Gasteiger partial charge in [-0.25, -0.2) is 0 Å². The number of aryl methyl sites for hydroxylation is 1. The summed E-state index contributed by atoms with van der Waals surface area (Å²) in [4.78, 5) is 12.3. The highest BCUT2D eigenvalue weighted by molar-refractivity contribution is 6.12. The quantitative estimate of drug-likeness (QED) is 0.670. The minimum absolute atomic E-state index is 0.0304. The average molecular weight is 279 g/mol. The Labute approximate surface area is 114 Å². The molecule has 0 unspecified atom stereocenters. The van der Waals surface area contributed by atoms with Crippen LogP contribution in [-0.4, -0.2) is 5.78 Å². The summed E-state index contributed by atoms with van der Waals surface area (Å²) in [6.07, 6.45) is -4.48. The predicted molar refractivity (Wildman–Crippen MR) is 70.5 cm³/mol. The zero-order valence-electron chi connectivity index (χ0n) is 10.7. The number of carbonyl (C=O) groups is 1. The molecule has 0 aliphatic rings. The van der Waals surface area contributed by atoms with Crippen LogP contribution in [0.3, 0.4) is 0 Å². The monoisotopic (exact) mass is 279 g/mol. The number of nitrogen functional groups attached to an aromatic ring is 1. The molecule has 0 fully saturated rings. The van der Waals surface area contributed by atoms with E-state index >= 15 is 0 Å². The molecule has 0 saturated carbocycles. The molecule has 2 aromatic carbocycles. The number of ketones is 1. The number of para-hydroxylation sites is 1. The van der Waals surface area contributed by atoms with E-state index in [4.69, 9.17) is 5.73 Å². The minimum Gasteiger partial charge on any atom is -0.398 e. The maximum atomic E-state index is 12.6. The lowest BCUT2D eigenvalue weighted by molar-refractivity contribution is -0.137. The van der Waals surface area contributed by atoms with Gasteiger partial charge in [0.05, 0.1) is 5.56 Å². The van der Waals surface area contributed by atoms with Gasteiger partial charge in [-0.1, -0.05) is 24.3 Å². The van der Waals surface area contributed by atoms with Crippen LogP contribution in [0.1, 0.15) is 27.0 Å². The molecule has 0 radical (unpaired) electrons. The van der Waals surface area contributed by atoms with Crippen LogP contribution < -0.4 is 5.73 Å². The number of benzene rings is 2. The standard InChI is InChI=1S/C15H12F3NO/c1-9-4-2-7-12(13(9)19)14(20)10-5-3-6-11(8-10)15(16,17)18/h2-8H,19H2,1H3. The molecule has 0 aliphatic heterocycles. The Morgan fingerprint density at radius 2 is 1.75 bits per heavy atom. The van der Waals surface area contributed by atoms with E-state index in [-0.39, 0.29) is 16.8 Å². The Bertz CT molecular complexity index is 662. The second-order valence-corrected chi connectivity index (χ2v) is 4.44. The molecule has 2 N–H and O–H groups in total. The first kappa shape index (κ1) is 14.1. The number of hydrogen-bond donors (Lipinski definition) is 1. The van der Waals surface area contributed by atoms with Crippen molar-refractivity contribution in [3.63, 3.8) is 0 Å². The molecule has 104 valence electrons. The summed E-state index contributed by atoms with van der Waals surface area (Å²) < 4.78 is 37.9. The molecule has 5 heteroatoms. The number of rotatable bonds is 2. The number of hydrogen-bond acceptors (Lipinski definition) is 2. The fourth-order valence-electron chi connectivity index (χ4n) is 1.87. The molecule has 0 spiro atoms. The van der Waals surface area contributed by atoms with Crippen LogP contribution in [0.25, 0.3) is 0 Å². The van der Waals surface area contributed by atoms with Gasteiger partial charge in [0.15, 0.2) is 5.78 Å². The Balaban J connectivity index is 2.47. The van der Waals surface area contributed by atoms with Crippen molar-refractivity contribution in [1.82, 2.24) is 0 Å².